The van der Waals surface area contributed by atoms with E-state index in [1.54, 1.807) is 11.8 Å². The second-order valence-electron chi connectivity index (χ2n) is 5.19. The van der Waals surface area contributed by atoms with Gasteiger partial charge in [0.15, 0.2) is 0 Å². The molecule has 0 saturated carbocycles. The van der Waals surface area contributed by atoms with Gasteiger partial charge in [-0.25, -0.2) is 0 Å². The van der Waals surface area contributed by atoms with Crippen molar-refractivity contribution >= 4 is 17.8 Å². The molecular weight excluding hydrogens is 300 g/mol. The van der Waals surface area contributed by atoms with Crippen LogP contribution in [0.15, 0.2) is 101 Å². The van der Waals surface area contributed by atoms with Crippen LogP contribution < -0.4 is 0 Å². The SMILES string of the molecule is OC(/C(=C\c1ccccc1)Sc1ccccc1)c1ccccc1. The molecule has 0 fully saturated rings. The second-order valence-corrected chi connectivity index (χ2v) is 6.33. The number of benzene rings is 3. The van der Waals surface area contributed by atoms with E-state index < -0.39 is 6.10 Å². The zero-order valence-corrected chi connectivity index (χ0v) is 13.5. The molecule has 0 bridgehead atoms. The average Bonchev–Trinajstić information content (AvgIpc) is 2.63. The van der Waals surface area contributed by atoms with E-state index in [9.17, 15) is 5.11 Å². The monoisotopic (exact) mass is 318 g/mol. The number of aliphatic hydroxyl groups excluding tert-OH is 1. The van der Waals surface area contributed by atoms with Crippen LogP contribution in [0.2, 0.25) is 0 Å². The topological polar surface area (TPSA) is 20.2 Å². The molecule has 1 nitrogen and oxygen atoms in total. The summed E-state index contributed by atoms with van der Waals surface area (Å²) in [5.41, 5.74) is 1.99. The molecular formula is C21H18OS. The molecule has 0 aromatic heterocycles. The summed E-state index contributed by atoms with van der Waals surface area (Å²) >= 11 is 1.60. The van der Waals surface area contributed by atoms with E-state index in [-0.39, 0.29) is 0 Å². The van der Waals surface area contributed by atoms with Gasteiger partial charge < -0.3 is 5.11 Å². The van der Waals surface area contributed by atoms with Crippen molar-refractivity contribution in [2.75, 3.05) is 0 Å². The van der Waals surface area contributed by atoms with Gasteiger partial charge in [0.25, 0.3) is 0 Å². The van der Waals surface area contributed by atoms with Gasteiger partial charge in [0.1, 0.15) is 6.10 Å². The molecule has 0 aliphatic carbocycles. The smallest absolute Gasteiger partial charge is 0.110 e. The van der Waals surface area contributed by atoms with Crippen molar-refractivity contribution in [2.45, 2.75) is 11.0 Å². The maximum atomic E-state index is 10.8. The van der Waals surface area contributed by atoms with E-state index in [2.05, 4.69) is 18.2 Å². The fourth-order valence-electron chi connectivity index (χ4n) is 2.30. The van der Waals surface area contributed by atoms with Gasteiger partial charge in [0.05, 0.1) is 0 Å². The second kappa shape index (κ2) is 7.82. The fourth-order valence-corrected chi connectivity index (χ4v) is 3.31. The molecule has 0 saturated heterocycles. The molecule has 3 rings (SSSR count). The third-order valence-electron chi connectivity index (χ3n) is 3.47. The molecule has 0 amide bonds. The summed E-state index contributed by atoms with van der Waals surface area (Å²) in [6.45, 7) is 0. The number of thioether (sulfide) groups is 1. The van der Waals surface area contributed by atoms with Crippen LogP contribution in [-0.2, 0) is 0 Å². The summed E-state index contributed by atoms with van der Waals surface area (Å²) in [6, 6.07) is 30.0. The van der Waals surface area contributed by atoms with Gasteiger partial charge in [0.2, 0.25) is 0 Å². The molecule has 3 aromatic rings. The first-order valence-corrected chi connectivity index (χ1v) is 8.37. The highest BCUT2D eigenvalue weighted by atomic mass is 32.2. The van der Waals surface area contributed by atoms with Crippen LogP contribution >= 0.6 is 11.8 Å². The van der Waals surface area contributed by atoms with E-state index in [1.807, 2.05) is 78.9 Å². The van der Waals surface area contributed by atoms with Crippen LogP contribution in [-0.4, -0.2) is 5.11 Å². The predicted octanol–water partition coefficient (Wildman–Crippen LogP) is 5.55. The molecule has 2 heteroatoms. The van der Waals surface area contributed by atoms with Crippen LogP contribution in [0.4, 0.5) is 0 Å². The van der Waals surface area contributed by atoms with Gasteiger partial charge in [-0.2, -0.15) is 0 Å². The minimum atomic E-state index is -0.637. The van der Waals surface area contributed by atoms with E-state index in [1.165, 1.54) is 0 Å². The minimum absolute atomic E-state index is 0.637. The largest absolute Gasteiger partial charge is 0.383 e. The number of hydrogen-bond donors (Lipinski definition) is 1. The Balaban J connectivity index is 1.94. The van der Waals surface area contributed by atoms with Crippen molar-refractivity contribution in [3.05, 3.63) is 107 Å². The molecule has 1 N–H and O–H groups in total. The quantitative estimate of drug-likeness (QED) is 0.622. The number of hydrogen-bond acceptors (Lipinski definition) is 2. The van der Waals surface area contributed by atoms with Crippen LogP contribution in [0.3, 0.4) is 0 Å². The first kappa shape index (κ1) is 15.6. The third kappa shape index (κ3) is 4.35. The maximum Gasteiger partial charge on any atom is 0.110 e. The van der Waals surface area contributed by atoms with Crippen LogP contribution in [0.1, 0.15) is 17.2 Å². The van der Waals surface area contributed by atoms with Gasteiger partial charge in [0, 0.05) is 9.80 Å². The van der Waals surface area contributed by atoms with Crippen LogP contribution in [0, 0.1) is 0 Å². The molecule has 0 heterocycles. The summed E-state index contributed by atoms with van der Waals surface area (Å²) < 4.78 is 0. The summed E-state index contributed by atoms with van der Waals surface area (Å²) in [7, 11) is 0. The maximum absolute atomic E-state index is 10.8. The zero-order chi connectivity index (χ0) is 15.9. The Morgan fingerprint density at radius 2 is 1.26 bits per heavy atom. The Labute approximate surface area is 141 Å². The molecule has 1 atom stereocenters. The van der Waals surface area contributed by atoms with Gasteiger partial charge in [-0.3, -0.25) is 0 Å². The Kier molecular flexibility index (Phi) is 5.30. The Bertz CT molecular complexity index is 752. The van der Waals surface area contributed by atoms with Gasteiger partial charge in [-0.15, -0.1) is 0 Å². The van der Waals surface area contributed by atoms with Crippen molar-refractivity contribution in [1.29, 1.82) is 0 Å². The summed E-state index contributed by atoms with van der Waals surface area (Å²) in [4.78, 5) is 2.03. The molecule has 3 aromatic carbocycles. The molecule has 0 radical (unpaired) electrons. The lowest BCUT2D eigenvalue weighted by molar-refractivity contribution is 0.226. The first-order valence-electron chi connectivity index (χ1n) is 7.55. The first-order chi connectivity index (χ1) is 11.3. The van der Waals surface area contributed by atoms with E-state index >= 15 is 0 Å². The molecule has 0 aliphatic rings. The van der Waals surface area contributed by atoms with Crippen molar-refractivity contribution in [3.8, 4) is 0 Å². The molecule has 114 valence electrons. The predicted molar refractivity (Wildman–Crippen MR) is 98.1 cm³/mol. The Hall–Kier alpha value is -2.29. The van der Waals surface area contributed by atoms with Crippen molar-refractivity contribution in [2.24, 2.45) is 0 Å². The van der Waals surface area contributed by atoms with E-state index in [0.717, 1.165) is 20.9 Å². The summed E-state index contributed by atoms with van der Waals surface area (Å²) in [5.74, 6) is 0. The summed E-state index contributed by atoms with van der Waals surface area (Å²) in [5, 5.41) is 10.8. The highest BCUT2D eigenvalue weighted by molar-refractivity contribution is 8.03. The van der Waals surface area contributed by atoms with Gasteiger partial charge in [-0.1, -0.05) is 90.6 Å². The average molecular weight is 318 g/mol. The minimum Gasteiger partial charge on any atom is -0.383 e. The van der Waals surface area contributed by atoms with Crippen molar-refractivity contribution in [3.63, 3.8) is 0 Å². The normalized spacial score (nSPS) is 12.8. The van der Waals surface area contributed by atoms with E-state index in [0.29, 0.717) is 0 Å². The standard InChI is InChI=1S/C21H18OS/c22-21(18-12-6-2-7-13-18)20(16-17-10-4-1-5-11-17)23-19-14-8-3-9-15-19/h1-16,21-22H/b20-16+. The van der Waals surface area contributed by atoms with Crippen molar-refractivity contribution in [1.82, 2.24) is 0 Å². The highest BCUT2D eigenvalue weighted by Crippen LogP contribution is 2.37. The third-order valence-corrected chi connectivity index (χ3v) is 4.56. The number of rotatable bonds is 5. The lowest BCUT2D eigenvalue weighted by Crippen LogP contribution is -1.99. The molecule has 0 spiro atoms. The molecule has 1 unspecified atom stereocenters. The Morgan fingerprint density at radius 1 is 0.739 bits per heavy atom. The van der Waals surface area contributed by atoms with E-state index in [4.69, 9.17) is 0 Å². The molecule has 23 heavy (non-hydrogen) atoms. The molecule has 0 aliphatic heterocycles. The number of aliphatic hydroxyl groups is 1. The van der Waals surface area contributed by atoms with Crippen LogP contribution in [0.5, 0.6) is 0 Å². The Morgan fingerprint density at radius 3 is 1.87 bits per heavy atom. The highest BCUT2D eigenvalue weighted by Gasteiger charge is 2.14. The lowest BCUT2D eigenvalue weighted by atomic mass is 10.1. The zero-order valence-electron chi connectivity index (χ0n) is 12.7. The fraction of sp³-hybridized carbons (Fsp3) is 0.0476. The summed E-state index contributed by atoms with van der Waals surface area (Å²) in [6.07, 6.45) is 1.41. The van der Waals surface area contributed by atoms with Gasteiger partial charge in [-0.05, 0) is 29.3 Å². The van der Waals surface area contributed by atoms with Crippen LogP contribution in [0.25, 0.3) is 6.08 Å². The van der Waals surface area contributed by atoms with Crippen molar-refractivity contribution < 1.29 is 5.11 Å². The van der Waals surface area contributed by atoms with Gasteiger partial charge >= 0.3 is 0 Å². The lowest BCUT2D eigenvalue weighted by Gasteiger charge is -2.15.